The van der Waals surface area contributed by atoms with E-state index in [2.05, 4.69) is 36.0 Å². The molecule has 3 heteroatoms. The molecule has 1 aromatic heterocycles. The van der Waals surface area contributed by atoms with Gasteiger partial charge >= 0.3 is 0 Å². The molecule has 2 fully saturated rings. The van der Waals surface area contributed by atoms with Gasteiger partial charge in [0.25, 0.3) is 0 Å². The molecule has 0 amide bonds. The van der Waals surface area contributed by atoms with Crippen LogP contribution in [-0.4, -0.2) is 16.4 Å². The molecule has 1 aromatic rings. The molecule has 2 heterocycles. The standard InChI is InChI=1S/C16H26N2O/c1-3-8-16(10-13(16)4-2)14-11-17-18(12-14)15-7-5-6-9-19-15/h11-13,15H,3-10H2,1-2H3. The number of nitrogens with zero attached hydrogens (tertiary/aromatic N) is 2. The lowest BCUT2D eigenvalue weighted by Gasteiger charge is -2.22. The minimum absolute atomic E-state index is 0.181. The van der Waals surface area contributed by atoms with Crippen LogP contribution in [0.4, 0.5) is 0 Å². The summed E-state index contributed by atoms with van der Waals surface area (Å²) in [6.45, 7) is 5.50. The minimum Gasteiger partial charge on any atom is -0.357 e. The number of rotatable bonds is 5. The summed E-state index contributed by atoms with van der Waals surface area (Å²) < 4.78 is 7.89. The highest BCUT2D eigenvalue weighted by molar-refractivity contribution is 5.30. The smallest absolute Gasteiger partial charge is 0.150 e. The zero-order chi connectivity index (χ0) is 13.3. The second kappa shape index (κ2) is 5.28. The van der Waals surface area contributed by atoms with Crippen molar-refractivity contribution in [3.8, 4) is 0 Å². The lowest BCUT2D eigenvalue weighted by molar-refractivity contribution is -0.0395. The molecule has 3 rings (SSSR count). The van der Waals surface area contributed by atoms with Crippen LogP contribution in [0, 0.1) is 5.92 Å². The molecule has 3 atom stereocenters. The fraction of sp³-hybridized carbons (Fsp3) is 0.812. The van der Waals surface area contributed by atoms with Crippen LogP contribution in [0.3, 0.4) is 0 Å². The highest BCUT2D eigenvalue weighted by Crippen LogP contribution is 2.58. The predicted molar refractivity (Wildman–Crippen MR) is 76.1 cm³/mol. The summed E-state index contributed by atoms with van der Waals surface area (Å²) in [5.41, 5.74) is 1.89. The van der Waals surface area contributed by atoms with E-state index in [0.29, 0.717) is 5.41 Å². The second-order valence-corrected chi connectivity index (χ2v) is 6.25. The Hall–Kier alpha value is -0.830. The largest absolute Gasteiger partial charge is 0.357 e. The molecule has 1 saturated carbocycles. The summed E-state index contributed by atoms with van der Waals surface area (Å²) in [4.78, 5) is 0. The Morgan fingerprint density at radius 3 is 2.95 bits per heavy atom. The van der Waals surface area contributed by atoms with Gasteiger partial charge in [-0.15, -0.1) is 0 Å². The highest BCUT2D eigenvalue weighted by Gasteiger charge is 2.53. The normalized spacial score (nSPS) is 34.4. The van der Waals surface area contributed by atoms with Gasteiger partial charge in [-0.1, -0.05) is 26.7 Å². The average Bonchev–Trinajstić information content (AvgIpc) is 2.95. The molecule has 1 saturated heterocycles. The number of aromatic nitrogens is 2. The first-order valence-electron chi connectivity index (χ1n) is 7.96. The summed E-state index contributed by atoms with van der Waals surface area (Å²) in [5, 5.41) is 4.59. The first-order valence-corrected chi connectivity index (χ1v) is 7.96. The van der Waals surface area contributed by atoms with Gasteiger partial charge in [0.1, 0.15) is 6.23 Å². The third kappa shape index (κ3) is 2.33. The fourth-order valence-electron chi connectivity index (χ4n) is 3.85. The molecule has 3 nitrogen and oxygen atoms in total. The van der Waals surface area contributed by atoms with Gasteiger partial charge < -0.3 is 4.74 Å². The SMILES string of the molecule is CCCC1(c2cnn(C3CCCCO3)c2)CC1CC. The number of ether oxygens (including phenoxy) is 1. The van der Waals surface area contributed by atoms with Gasteiger partial charge in [0, 0.05) is 18.2 Å². The van der Waals surface area contributed by atoms with Crippen molar-refractivity contribution >= 4 is 0 Å². The Labute approximate surface area is 116 Å². The first-order chi connectivity index (χ1) is 9.30. The summed E-state index contributed by atoms with van der Waals surface area (Å²) in [5.74, 6) is 0.873. The summed E-state index contributed by atoms with van der Waals surface area (Å²) in [6, 6.07) is 0. The van der Waals surface area contributed by atoms with E-state index in [4.69, 9.17) is 4.74 Å². The number of hydrogen-bond acceptors (Lipinski definition) is 2. The van der Waals surface area contributed by atoms with Crippen LogP contribution < -0.4 is 0 Å². The van der Waals surface area contributed by atoms with Crippen molar-refractivity contribution in [3.05, 3.63) is 18.0 Å². The Bertz CT molecular complexity index is 422. The van der Waals surface area contributed by atoms with Gasteiger partial charge in [-0.05, 0) is 43.6 Å². The molecule has 1 aliphatic carbocycles. The molecule has 0 spiro atoms. The van der Waals surface area contributed by atoms with Gasteiger partial charge in [-0.3, -0.25) is 0 Å². The molecule has 1 aliphatic heterocycles. The summed E-state index contributed by atoms with van der Waals surface area (Å²) >= 11 is 0. The molecule has 0 bridgehead atoms. The lowest BCUT2D eigenvalue weighted by atomic mass is 9.90. The van der Waals surface area contributed by atoms with Crippen LogP contribution in [0.5, 0.6) is 0 Å². The van der Waals surface area contributed by atoms with Crippen LogP contribution in [0.15, 0.2) is 12.4 Å². The maximum atomic E-state index is 5.82. The maximum Gasteiger partial charge on any atom is 0.150 e. The fourth-order valence-corrected chi connectivity index (χ4v) is 3.85. The number of hydrogen-bond donors (Lipinski definition) is 0. The second-order valence-electron chi connectivity index (χ2n) is 6.25. The molecule has 0 aromatic carbocycles. The Kier molecular flexibility index (Phi) is 3.66. The van der Waals surface area contributed by atoms with E-state index in [9.17, 15) is 0 Å². The zero-order valence-electron chi connectivity index (χ0n) is 12.3. The van der Waals surface area contributed by atoms with E-state index < -0.39 is 0 Å². The average molecular weight is 262 g/mol. The molecular weight excluding hydrogens is 236 g/mol. The lowest BCUT2D eigenvalue weighted by Crippen LogP contribution is -2.18. The van der Waals surface area contributed by atoms with Gasteiger partial charge in [0.2, 0.25) is 0 Å². The van der Waals surface area contributed by atoms with Crippen molar-refractivity contribution in [1.29, 1.82) is 0 Å². The van der Waals surface area contributed by atoms with Crippen LogP contribution in [0.25, 0.3) is 0 Å². The highest BCUT2D eigenvalue weighted by atomic mass is 16.5. The molecule has 0 radical (unpaired) electrons. The molecule has 3 unspecified atom stereocenters. The molecule has 0 N–H and O–H groups in total. The van der Waals surface area contributed by atoms with E-state index >= 15 is 0 Å². The van der Waals surface area contributed by atoms with Crippen molar-refractivity contribution in [3.63, 3.8) is 0 Å². The van der Waals surface area contributed by atoms with Crippen molar-refractivity contribution in [2.24, 2.45) is 5.92 Å². The Morgan fingerprint density at radius 1 is 1.42 bits per heavy atom. The van der Waals surface area contributed by atoms with E-state index in [0.717, 1.165) is 18.9 Å². The zero-order valence-corrected chi connectivity index (χ0v) is 12.3. The van der Waals surface area contributed by atoms with E-state index in [1.165, 1.54) is 44.1 Å². The van der Waals surface area contributed by atoms with Crippen LogP contribution in [0.1, 0.15) is 70.6 Å². The van der Waals surface area contributed by atoms with Crippen molar-refractivity contribution in [2.75, 3.05) is 6.61 Å². The van der Waals surface area contributed by atoms with Crippen LogP contribution in [0.2, 0.25) is 0 Å². The van der Waals surface area contributed by atoms with Crippen molar-refractivity contribution in [1.82, 2.24) is 9.78 Å². The topological polar surface area (TPSA) is 27.1 Å². The van der Waals surface area contributed by atoms with E-state index in [1.54, 1.807) is 0 Å². The van der Waals surface area contributed by atoms with Gasteiger partial charge in [-0.25, -0.2) is 4.68 Å². The monoisotopic (exact) mass is 262 g/mol. The molecule has 2 aliphatic rings. The maximum absolute atomic E-state index is 5.82. The predicted octanol–water partition coefficient (Wildman–Crippen LogP) is 4.05. The first kappa shape index (κ1) is 13.2. The minimum atomic E-state index is 0.181. The van der Waals surface area contributed by atoms with Crippen LogP contribution in [-0.2, 0) is 10.2 Å². The molecule has 19 heavy (non-hydrogen) atoms. The van der Waals surface area contributed by atoms with Crippen molar-refractivity contribution < 1.29 is 4.74 Å². The third-order valence-electron chi connectivity index (χ3n) is 5.05. The summed E-state index contributed by atoms with van der Waals surface area (Å²) in [6.07, 6.45) is 13.3. The van der Waals surface area contributed by atoms with Gasteiger partial charge in [-0.2, -0.15) is 5.10 Å². The Morgan fingerprint density at radius 2 is 2.32 bits per heavy atom. The summed E-state index contributed by atoms with van der Waals surface area (Å²) in [7, 11) is 0. The third-order valence-corrected chi connectivity index (χ3v) is 5.05. The molecule has 106 valence electrons. The van der Waals surface area contributed by atoms with Gasteiger partial charge in [0.05, 0.1) is 6.20 Å². The van der Waals surface area contributed by atoms with E-state index in [-0.39, 0.29) is 6.23 Å². The quantitative estimate of drug-likeness (QED) is 0.800. The Balaban J connectivity index is 1.76. The van der Waals surface area contributed by atoms with Crippen molar-refractivity contribution in [2.45, 2.75) is 70.4 Å². The van der Waals surface area contributed by atoms with Gasteiger partial charge in [0.15, 0.2) is 0 Å². The van der Waals surface area contributed by atoms with E-state index in [1.807, 2.05) is 0 Å². The molecular formula is C16H26N2O. The van der Waals surface area contributed by atoms with Crippen LogP contribution >= 0.6 is 0 Å².